The van der Waals surface area contributed by atoms with Crippen molar-refractivity contribution in [3.63, 3.8) is 0 Å². The number of piperazine rings is 1. The summed E-state index contributed by atoms with van der Waals surface area (Å²) < 4.78 is 0. The molecule has 0 aromatic carbocycles. The zero-order valence-corrected chi connectivity index (χ0v) is 9.09. The van der Waals surface area contributed by atoms with Gasteiger partial charge in [0, 0.05) is 12.1 Å². The van der Waals surface area contributed by atoms with E-state index in [2.05, 4.69) is 15.5 Å². The van der Waals surface area contributed by atoms with Crippen LogP contribution in [0, 0.1) is 0 Å². The van der Waals surface area contributed by atoms with Crippen molar-refractivity contribution in [3.8, 4) is 0 Å². The fraction of sp³-hybridized carbons (Fsp3) is 0.909. The third kappa shape index (κ3) is 1.39. The second kappa shape index (κ2) is 3.46. The summed E-state index contributed by atoms with van der Waals surface area (Å²) in [6, 6.07) is 0.178. The molecular weight excluding hydrogens is 190 g/mol. The lowest BCUT2D eigenvalue weighted by atomic mass is 9.83. The molecule has 4 heteroatoms. The Morgan fingerprint density at radius 3 is 2.93 bits per heavy atom. The standard InChI is InChI=1S/C11H19N3O/c15-10-9-2-1-7-14(9)11(8-13-10)3-5-12-6-4-11/h9,12H,1-8H2,(H,13,15)/t9-/m1/s1. The van der Waals surface area contributed by atoms with Crippen molar-refractivity contribution in [1.29, 1.82) is 0 Å². The minimum atomic E-state index is 0.178. The number of nitrogens with zero attached hydrogens (tertiary/aromatic N) is 1. The molecule has 0 bridgehead atoms. The van der Waals surface area contributed by atoms with Crippen LogP contribution < -0.4 is 10.6 Å². The Labute approximate surface area is 90.4 Å². The third-order valence-corrected chi connectivity index (χ3v) is 4.29. The average Bonchev–Trinajstić information content (AvgIpc) is 2.76. The zero-order chi connectivity index (χ0) is 10.3. The highest BCUT2D eigenvalue weighted by atomic mass is 16.2. The smallest absolute Gasteiger partial charge is 0.237 e. The van der Waals surface area contributed by atoms with Crippen molar-refractivity contribution in [2.45, 2.75) is 37.3 Å². The molecule has 1 spiro atoms. The Bertz CT molecular complexity index is 273. The van der Waals surface area contributed by atoms with Gasteiger partial charge in [-0.05, 0) is 45.3 Å². The van der Waals surface area contributed by atoms with Gasteiger partial charge in [0.25, 0.3) is 0 Å². The molecule has 0 unspecified atom stereocenters. The molecule has 1 atom stereocenters. The lowest BCUT2D eigenvalue weighted by molar-refractivity contribution is -0.134. The fourth-order valence-electron chi connectivity index (χ4n) is 3.43. The number of amides is 1. The Hall–Kier alpha value is -0.610. The second-order valence-electron chi connectivity index (χ2n) is 5.04. The first-order chi connectivity index (χ1) is 7.32. The van der Waals surface area contributed by atoms with Crippen LogP contribution in [0.4, 0.5) is 0 Å². The number of piperidine rings is 1. The van der Waals surface area contributed by atoms with Crippen LogP contribution in [0.5, 0.6) is 0 Å². The van der Waals surface area contributed by atoms with Gasteiger partial charge in [-0.2, -0.15) is 0 Å². The van der Waals surface area contributed by atoms with Crippen LogP contribution in [0.1, 0.15) is 25.7 Å². The van der Waals surface area contributed by atoms with Crippen LogP contribution in [0.3, 0.4) is 0 Å². The Morgan fingerprint density at radius 1 is 1.33 bits per heavy atom. The first-order valence-corrected chi connectivity index (χ1v) is 6.07. The fourth-order valence-corrected chi connectivity index (χ4v) is 3.43. The molecule has 0 aromatic heterocycles. The molecule has 3 heterocycles. The van der Waals surface area contributed by atoms with Gasteiger partial charge in [-0.25, -0.2) is 0 Å². The highest BCUT2D eigenvalue weighted by Crippen LogP contribution is 2.35. The van der Waals surface area contributed by atoms with Crippen LogP contribution >= 0.6 is 0 Å². The highest BCUT2D eigenvalue weighted by molar-refractivity contribution is 5.83. The normalized spacial score (nSPS) is 35.2. The molecule has 3 fully saturated rings. The summed E-state index contributed by atoms with van der Waals surface area (Å²) >= 11 is 0. The van der Waals surface area contributed by atoms with Crippen molar-refractivity contribution in [2.75, 3.05) is 26.2 Å². The molecule has 0 aromatic rings. The summed E-state index contributed by atoms with van der Waals surface area (Å²) in [5, 5.41) is 6.51. The van der Waals surface area contributed by atoms with Crippen molar-refractivity contribution in [1.82, 2.24) is 15.5 Å². The van der Waals surface area contributed by atoms with Gasteiger partial charge in [0.2, 0.25) is 5.91 Å². The summed E-state index contributed by atoms with van der Waals surface area (Å²) in [5.41, 5.74) is 0.278. The molecule has 3 aliphatic heterocycles. The summed E-state index contributed by atoms with van der Waals surface area (Å²) in [6.45, 7) is 4.18. The van der Waals surface area contributed by atoms with Crippen molar-refractivity contribution in [2.24, 2.45) is 0 Å². The maximum absolute atomic E-state index is 11.7. The van der Waals surface area contributed by atoms with Gasteiger partial charge in [-0.15, -0.1) is 0 Å². The van der Waals surface area contributed by atoms with Crippen molar-refractivity contribution < 1.29 is 4.79 Å². The van der Waals surface area contributed by atoms with Gasteiger partial charge in [0.15, 0.2) is 0 Å². The first kappa shape index (κ1) is 9.60. The van der Waals surface area contributed by atoms with Gasteiger partial charge >= 0.3 is 0 Å². The van der Waals surface area contributed by atoms with E-state index in [0.29, 0.717) is 0 Å². The van der Waals surface area contributed by atoms with E-state index in [1.54, 1.807) is 0 Å². The molecule has 0 saturated carbocycles. The van der Waals surface area contributed by atoms with E-state index < -0.39 is 0 Å². The van der Waals surface area contributed by atoms with Gasteiger partial charge in [-0.3, -0.25) is 9.69 Å². The molecule has 0 aliphatic carbocycles. The quantitative estimate of drug-likeness (QED) is 0.576. The molecule has 2 N–H and O–H groups in total. The van der Waals surface area contributed by atoms with E-state index in [1.807, 2.05) is 0 Å². The molecule has 84 valence electrons. The number of hydrogen-bond donors (Lipinski definition) is 2. The molecule has 15 heavy (non-hydrogen) atoms. The molecule has 1 amide bonds. The van der Waals surface area contributed by atoms with Crippen LogP contribution in [0.2, 0.25) is 0 Å². The van der Waals surface area contributed by atoms with Crippen LogP contribution in [0.15, 0.2) is 0 Å². The Kier molecular flexibility index (Phi) is 2.21. The van der Waals surface area contributed by atoms with E-state index in [-0.39, 0.29) is 17.5 Å². The van der Waals surface area contributed by atoms with E-state index in [4.69, 9.17) is 0 Å². The van der Waals surface area contributed by atoms with Crippen LogP contribution in [-0.2, 0) is 4.79 Å². The number of nitrogens with one attached hydrogen (secondary N) is 2. The monoisotopic (exact) mass is 209 g/mol. The summed E-state index contributed by atoms with van der Waals surface area (Å²) in [7, 11) is 0. The minimum absolute atomic E-state index is 0.178. The highest BCUT2D eigenvalue weighted by Gasteiger charge is 2.48. The van der Waals surface area contributed by atoms with E-state index in [0.717, 1.165) is 32.6 Å². The molecule has 3 saturated heterocycles. The lowest BCUT2D eigenvalue weighted by Crippen LogP contribution is -2.68. The number of hydrogen-bond acceptors (Lipinski definition) is 3. The van der Waals surface area contributed by atoms with E-state index in [9.17, 15) is 4.79 Å². The van der Waals surface area contributed by atoms with Crippen LogP contribution in [0.25, 0.3) is 0 Å². The van der Waals surface area contributed by atoms with E-state index in [1.165, 1.54) is 19.3 Å². The predicted octanol–water partition coefficient (Wildman–Crippen LogP) is -0.297. The maximum Gasteiger partial charge on any atom is 0.237 e. The Morgan fingerprint density at radius 2 is 2.13 bits per heavy atom. The first-order valence-electron chi connectivity index (χ1n) is 6.07. The van der Waals surface area contributed by atoms with Gasteiger partial charge < -0.3 is 10.6 Å². The number of fused-ring (bicyclic) bond motifs is 2. The van der Waals surface area contributed by atoms with Crippen molar-refractivity contribution >= 4 is 5.91 Å². The minimum Gasteiger partial charge on any atom is -0.353 e. The second-order valence-corrected chi connectivity index (χ2v) is 5.04. The van der Waals surface area contributed by atoms with Crippen molar-refractivity contribution in [3.05, 3.63) is 0 Å². The SMILES string of the molecule is O=C1NCC2(CCNCC2)N2CCC[C@H]12. The lowest BCUT2D eigenvalue weighted by Gasteiger charge is -2.50. The summed E-state index contributed by atoms with van der Waals surface area (Å²) in [6.07, 6.45) is 4.61. The van der Waals surface area contributed by atoms with Gasteiger partial charge in [0.05, 0.1) is 6.04 Å². The molecular formula is C11H19N3O. The Balaban J connectivity index is 1.86. The number of carbonyl (C=O) groups is 1. The summed E-state index contributed by atoms with van der Waals surface area (Å²) in [4.78, 5) is 14.2. The average molecular weight is 209 g/mol. The van der Waals surface area contributed by atoms with Crippen LogP contribution in [-0.4, -0.2) is 48.6 Å². The largest absolute Gasteiger partial charge is 0.353 e. The number of rotatable bonds is 0. The van der Waals surface area contributed by atoms with Gasteiger partial charge in [0.1, 0.15) is 0 Å². The number of carbonyl (C=O) groups excluding carboxylic acids is 1. The molecule has 3 aliphatic rings. The predicted molar refractivity (Wildman–Crippen MR) is 57.6 cm³/mol. The zero-order valence-electron chi connectivity index (χ0n) is 9.09. The van der Waals surface area contributed by atoms with E-state index >= 15 is 0 Å². The summed E-state index contributed by atoms with van der Waals surface area (Å²) in [5.74, 6) is 0.261. The molecule has 4 nitrogen and oxygen atoms in total. The topological polar surface area (TPSA) is 44.4 Å². The molecule has 0 radical (unpaired) electrons. The third-order valence-electron chi connectivity index (χ3n) is 4.29. The maximum atomic E-state index is 11.7. The van der Waals surface area contributed by atoms with Gasteiger partial charge in [-0.1, -0.05) is 0 Å². The molecule has 3 rings (SSSR count).